The second-order valence-corrected chi connectivity index (χ2v) is 26.7. The summed E-state index contributed by atoms with van der Waals surface area (Å²) in [7, 11) is 0. The summed E-state index contributed by atoms with van der Waals surface area (Å²) in [4.78, 5) is 24.6. The molecule has 0 saturated carbocycles. The van der Waals surface area contributed by atoms with E-state index >= 15 is 0 Å². The Morgan fingerprint density at radius 1 is 0.329 bits per heavy atom. The fourth-order valence-corrected chi connectivity index (χ4v) is 12.2. The van der Waals surface area contributed by atoms with Crippen LogP contribution in [0.1, 0.15) is 431 Å². The molecule has 0 aromatic heterocycles. The summed E-state index contributed by atoms with van der Waals surface area (Å²) < 4.78 is 5.49. The molecule has 0 radical (unpaired) electrons. The molecule has 3 N–H and O–H groups in total. The van der Waals surface area contributed by atoms with Crippen LogP contribution in [0, 0.1) is 0 Å². The highest BCUT2D eigenvalue weighted by Gasteiger charge is 2.18. The van der Waals surface area contributed by atoms with Gasteiger partial charge in [0.15, 0.2) is 0 Å². The smallest absolute Gasteiger partial charge is 0.305 e. The second-order valence-electron chi connectivity index (χ2n) is 26.7. The van der Waals surface area contributed by atoms with Crippen molar-refractivity contribution in [1.29, 1.82) is 0 Å². The van der Waals surface area contributed by atoms with Crippen molar-refractivity contribution in [2.75, 3.05) is 13.2 Å². The number of allylic oxidation sites excluding steroid dienone is 5. The predicted molar refractivity (Wildman–Crippen MR) is 375 cm³/mol. The summed E-state index contributed by atoms with van der Waals surface area (Å²) in [6, 6.07) is -0.624. The molecular formula is C79H151NO5. The number of esters is 1. The highest BCUT2D eigenvalue weighted by atomic mass is 16.5. The van der Waals surface area contributed by atoms with E-state index in [2.05, 4.69) is 43.5 Å². The Balaban J connectivity index is 3.33. The van der Waals surface area contributed by atoms with Gasteiger partial charge in [-0.05, 0) is 57.8 Å². The Kier molecular flexibility index (Phi) is 72.9. The molecule has 0 aliphatic rings. The SMILES string of the molecule is CCCC/C=C\C/C=C\CCCCCCCC(=O)OCCCCCCCCCCCCCCCCCCCCCCCCCCCCCCCCCCCCCC(=O)NC(CO)C(O)/C=C/CCCCCCCCCCCCCCCCCCC. The monoisotopic (exact) mass is 1190 g/mol. The summed E-state index contributed by atoms with van der Waals surface area (Å²) >= 11 is 0. The number of nitrogens with one attached hydrogen (secondary N) is 1. The zero-order valence-corrected chi connectivity index (χ0v) is 57.6. The molecule has 0 aliphatic carbocycles. The Morgan fingerprint density at radius 3 is 0.929 bits per heavy atom. The number of amides is 1. The zero-order chi connectivity index (χ0) is 61.3. The van der Waals surface area contributed by atoms with Crippen molar-refractivity contribution < 1.29 is 24.5 Å². The third-order valence-electron chi connectivity index (χ3n) is 18.2. The molecule has 0 saturated heterocycles. The Bertz CT molecular complexity index is 1380. The standard InChI is InChI=1S/C79H151NO5/c1-3-5-7-9-11-13-15-17-19-20-38-41-44-47-51-55-59-63-67-71-77(82)76(75-81)80-78(83)72-68-64-60-56-52-48-45-42-39-36-34-32-30-28-26-24-22-21-23-25-27-29-31-33-35-37-40-43-46-50-54-58-62-66-70-74-85-79(84)73-69-65-61-57-53-49-18-16-14-12-10-8-6-4-2/h10,12,16,18,67,71,76-77,81-82H,3-9,11,13-15,17,19-66,68-70,72-75H2,1-2H3,(H,80,83)/b12-10-,18-16-,71-67+. The molecule has 0 rings (SSSR count). The van der Waals surface area contributed by atoms with Crippen LogP contribution in [0.25, 0.3) is 0 Å². The normalized spacial score (nSPS) is 12.7. The molecule has 2 atom stereocenters. The lowest BCUT2D eigenvalue weighted by Crippen LogP contribution is -2.45. The predicted octanol–water partition coefficient (Wildman–Crippen LogP) is 25.4. The molecule has 2 unspecified atom stereocenters. The highest BCUT2D eigenvalue weighted by molar-refractivity contribution is 5.76. The summed E-state index contributed by atoms with van der Waals surface area (Å²) in [5, 5.41) is 23.3. The number of aliphatic hydroxyl groups is 2. The second kappa shape index (κ2) is 74.5. The van der Waals surface area contributed by atoms with Gasteiger partial charge >= 0.3 is 5.97 Å². The molecule has 0 aromatic rings. The van der Waals surface area contributed by atoms with Crippen LogP contribution in [0.15, 0.2) is 36.5 Å². The number of carbonyl (C=O) groups excluding carboxylic acids is 2. The number of unbranched alkanes of at least 4 members (excludes halogenated alkanes) is 58. The van der Waals surface area contributed by atoms with Gasteiger partial charge in [-0.25, -0.2) is 0 Å². The molecule has 0 spiro atoms. The van der Waals surface area contributed by atoms with E-state index in [1.807, 2.05) is 6.08 Å². The van der Waals surface area contributed by atoms with E-state index in [1.54, 1.807) is 6.08 Å². The van der Waals surface area contributed by atoms with Crippen molar-refractivity contribution in [2.45, 2.75) is 443 Å². The lowest BCUT2D eigenvalue weighted by molar-refractivity contribution is -0.143. The van der Waals surface area contributed by atoms with Crippen LogP contribution >= 0.6 is 0 Å². The number of ether oxygens (including phenoxy) is 1. The number of aliphatic hydroxyl groups excluding tert-OH is 2. The molecule has 0 heterocycles. The Labute approximate surface area is 532 Å². The molecule has 1 amide bonds. The fraction of sp³-hybridized carbons (Fsp3) is 0.899. The maximum absolute atomic E-state index is 12.5. The highest BCUT2D eigenvalue weighted by Crippen LogP contribution is 2.20. The largest absolute Gasteiger partial charge is 0.466 e. The van der Waals surface area contributed by atoms with Crippen molar-refractivity contribution in [1.82, 2.24) is 5.32 Å². The van der Waals surface area contributed by atoms with Crippen molar-refractivity contribution in [3.8, 4) is 0 Å². The van der Waals surface area contributed by atoms with E-state index in [1.165, 1.54) is 353 Å². The van der Waals surface area contributed by atoms with Gasteiger partial charge in [0.2, 0.25) is 5.91 Å². The molecule has 6 heteroatoms. The van der Waals surface area contributed by atoms with Gasteiger partial charge in [-0.15, -0.1) is 0 Å². The molecule has 502 valence electrons. The van der Waals surface area contributed by atoms with Crippen molar-refractivity contribution in [2.24, 2.45) is 0 Å². The van der Waals surface area contributed by atoms with Gasteiger partial charge in [0, 0.05) is 12.8 Å². The van der Waals surface area contributed by atoms with Gasteiger partial charge in [0.1, 0.15) is 0 Å². The summed E-state index contributed by atoms with van der Waals surface area (Å²) in [5.74, 6) is -0.0506. The number of rotatable bonds is 73. The minimum Gasteiger partial charge on any atom is -0.466 e. The summed E-state index contributed by atoms with van der Waals surface area (Å²) in [6.45, 7) is 4.90. The van der Waals surface area contributed by atoms with Crippen LogP contribution in [0.5, 0.6) is 0 Å². The molecule has 0 fully saturated rings. The van der Waals surface area contributed by atoms with E-state index in [4.69, 9.17) is 4.74 Å². The summed E-state index contributed by atoms with van der Waals surface area (Å²) in [6.07, 6.45) is 96.9. The van der Waals surface area contributed by atoms with Crippen molar-refractivity contribution in [3.63, 3.8) is 0 Å². The van der Waals surface area contributed by atoms with Gasteiger partial charge < -0.3 is 20.3 Å². The van der Waals surface area contributed by atoms with Crippen LogP contribution in [0.2, 0.25) is 0 Å². The van der Waals surface area contributed by atoms with Gasteiger partial charge in [0.25, 0.3) is 0 Å². The number of hydrogen-bond donors (Lipinski definition) is 3. The number of carbonyl (C=O) groups is 2. The Hall–Kier alpha value is -1.92. The van der Waals surface area contributed by atoms with E-state index in [9.17, 15) is 19.8 Å². The lowest BCUT2D eigenvalue weighted by atomic mass is 10.0. The van der Waals surface area contributed by atoms with E-state index < -0.39 is 12.1 Å². The maximum atomic E-state index is 12.5. The lowest BCUT2D eigenvalue weighted by Gasteiger charge is -2.20. The van der Waals surface area contributed by atoms with Crippen molar-refractivity contribution >= 4 is 11.9 Å². The van der Waals surface area contributed by atoms with Crippen LogP contribution in [-0.2, 0) is 14.3 Å². The fourth-order valence-electron chi connectivity index (χ4n) is 12.2. The van der Waals surface area contributed by atoms with E-state index in [0.29, 0.717) is 19.4 Å². The van der Waals surface area contributed by atoms with Crippen molar-refractivity contribution in [3.05, 3.63) is 36.5 Å². The first kappa shape index (κ1) is 83.1. The zero-order valence-electron chi connectivity index (χ0n) is 57.6. The average Bonchev–Trinajstić information content (AvgIpc) is 3.51. The van der Waals surface area contributed by atoms with E-state index in [0.717, 1.165) is 51.4 Å². The maximum Gasteiger partial charge on any atom is 0.305 e. The van der Waals surface area contributed by atoms with Gasteiger partial charge in [-0.2, -0.15) is 0 Å². The molecule has 0 aliphatic heterocycles. The first-order chi connectivity index (χ1) is 42.0. The molecule has 6 nitrogen and oxygen atoms in total. The minimum atomic E-state index is -0.841. The average molecular weight is 1200 g/mol. The molecular weight excluding hydrogens is 1040 g/mol. The van der Waals surface area contributed by atoms with Gasteiger partial charge in [0.05, 0.1) is 25.4 Å². The number of hydrogen-bond acceptors (Lipinski definition) is 5. The molecule has 0 aromatic carbocycles. The van der Waals surface area contributed by atoms with E-state index in [-0.39, 0.29) is 18.5 Å². The first-order valence-corrected chi connectivity index (χ1v) is 38.8. The van der Waals surface area contributed by atoms with Gasteiger partial charge in [-0.3, -0.25) is 9.59 Å². The van der Waals surface area contributed by atoms with Crippen LogP contribution in [-0.4, -0.2) is 47.4 Å². The first-order valence-electron chi connectivity index (χ1n) is 38.8. The van der Waals surface area contributed by atoms with Gasteiger partial charge in [-0.1, -0.05) is 397 Å². The van der Waals surface area contributed by atoms with Crippen LogP contribution in [0.4, 0.5) is 0 Å². The topological polar surface area (TPSA) is 95.9 Å². The third-order valence-corrected chi connectivity index (χ3v) is 18.2. The van der Waals surface area contributed by atoms with Crippen LogP contribution < -0.4 is 5.32 Å². The minimum absolute atomic E-state index is 0.00817. The quantitative estimate of drug-likeness (QED) is 0.0320. The van der Waals surface area contributed by atoms with Crippen LogP contribution in [0.3, 0.4) is 0 Å². The Morgan fingerprint density at radius 2 is 0.600 bits per heavy atom. The summed E-state index contributed by atoms with van der Waals surface area (Å²) in [5.41, 5.74) is 0. The third kappa shape index (κ3) is 71.0. The molecule has 0 bridgehead atoms. The molecule has 85 heavy (non-hydrogen) atoms.